The van der Waals surface area contributed by atoms with Gasteiger partial charge in [-0.15, -0.1) is 0 Å². The molecule has 0 radical (unpaired) electrons. The number of nitrogens with one attached hydrogen (secondary N) is 1. The molecule has 1 unspecified atom stereocenters. The van der Waals surface area contributed by atoms with Gasteiger partial charge in [-0.1, -0.05) is 12.1 Å². The van der Waals surface area contributed by atoms with Crippen molar-refractivity contribution in [3.63, 3.8) is 0 Å². The van der Waals surface area contributed by atoms with E-state index in [1.807, 2.05) is 0 Å². The van der Waals surface area contributed by atoms with E-state index in [4.69, 9.17) is 4.74 Å². The molecule has 1 atom stereocenters. The number of Topliss-reactive ketones (excluding diaryl/α,β-unsaturated/α-hetero) is 2. The minimum atomic E-state index is -0.743. The van der Waals surface area contributed by atoms with E-state index in [1.165, 1.54) is 6.92 Å². The van der Waals surface area contributed by atoms with E-state index in [1.54, 1.807) is 24.3 Å². The molecule has 1 N–H and O–H groups in total. The van der Waals surface area contributed by atoms with Crippen LogP contribution in [0.2, 0.25) is 0 Å². The Morgan fingerprint density at radius 2 is 2.06 bits per heavy atom. The molecule has 1 aliphatic heterocycles. The molecule has 5 nitrogen and oxygen atoms in total. The molecule has 5 heteroatoms. The zero-order valence-electron chi connectivity index (χ0n) is 9.93. The molecular formula is C13H13NO4. The maximum Gasteiger partial charge on any atom is 0.287 e. The van der Waals surface area contributed by atoms with Crippen molar-refractivity contribution in [3.8, 4) is 5.75 Å². The molecule has 0 saturated heterocycles. The van der Waals surface area contributed by atoms with E-state index in [0.717, 1.165) is 0 Å². The lowest BCUT2D eigenvalue weighted by Gasteiger charge is -2.13. The van der Waals surface area contributed by atoms with E-state index >= 15 is 0 Å². The molecule has 18 heavy (non-hydrogen) atoms. The standard InChI is InChI=1S/C13H13NO4/c1-8(15)13(17)14-10-6-7-18-11-5-3-2-4-9(11)12(10)16/h2-5,10H,6-7H2,1H3,(H,14,17). The summed E-state index contributed by atoms with van der Waals surface area (Å²) in [6.07, 6.45) is 0.354. The van der Waals surface area contributed by atoms with Gasteiger partial charge in [0.1, 0.15) is 5.75 Å². The first kappa shape index (κ1) is 12.3. The van der Waals surface area contributed by atoms with Crippen LogP contribution in [0.5, 0.6) is 5.75 Å². The Labute approximate surface area is 104 Å². The number of hydrogen-bond donors (Lipinski definition) is 1. The van der Waals surface area contributed by atoms with Crippen LogP contribution in [0, 0.1) is 0 Å². The van der Waals surface area contributed by atoms with Crippen LogP contribution in [0.15, 0.2) is 24.3 Å². The summed E-state index contributed by atoms with van der Waals surface area (Å²) in [5.74, 6) is -1.06. The molecule has 0 saturated carbocycles. The molecular weight excluding hydrogens is 234 g/mol. The highest BCUT2D eigenvalue weighted by atomic mass is 16.5. The second kappa shape index (κ2) is 5.00. The van der Waals surface area contributed by atoms with Gasteiger partial charge in [-0.3, -0.25) is 14.4 Å². The fraction of sp³-hybridized carbons (Fsp3) is 0.308. The summed E-state index contributed by atoms with van der Waals surface area (Å²) < 4.78 is 5.43. The van der Waals surface area contributed by atoms with Crippen LogP contribution in [0.25, 0.3) is 0 Å². The summed E-state index contributed by atoms with van der Waals surface area (Å²) in [6, 6.07) is 6.17. The minimum Gasteiger partial charge on any atom is -0.493 e. The molecule has 0 aromatic heterocycles. The molecule has 0 aliphatic carbocycles. The van der Waals surface area contributed by atoms with Gasteiger partial charge in [-0.2, -0.15) is 0 Å². The molecule has 1 aliphatic rings. The summed E-state index contributed by atoms with van der Waals surface area (Å²) in [5, 5.41) is 2.43. The molecule has 1 amide bonds. The first-order valence-electron chi connectivity index (χ1n) is 5.67. The van der Waals surface area contributed by atoms with E-state index in [9.17, 15) is 14.4 Å². The lowest BCUT2D eigenvalue weighted by molar-refractivity contribution is -0.137. The van der Waals surface area contributed by atoms with Gasteiger partial charge in [-0.25, -0.2) is 0 Å². The van der Waals surface area contributed by atoms with Crippen molar-refractivity contribution in [2.45, 2.75) is 19.4 Å². The van der Waals surface area contributed by atoms with Gasteiger partial charge >= 0.3 is 0 Å². The third kappa shape index (κ3) is 2.40. The first-order chi connectivity index (χ1) is 8.59. The van der Waals surface area contributed by atoms with Crippen molar-refractivity contribution >= 4 is 17.5 Å². The minimum absolute atomic E-state index is 0.224. The predicted molar refractivity (Wildman–Crippen MR) is 63.5 cm³/mol. The molecule has 1 aromatic rings. The van der Waals surface area contributed by atoms with Crippen molar-refractivity contribution in [2.24, 2.45) is 0 Å². The van der Waals surface area contributed by atoms with E-state index in [-0.39, 0.29) is 5.78 Å². The van der Waals surface area contributed by atoms with Crippen molar-refractivity contribution in [1.29, 1.82) is 0 Å². The van der Waals surface area contributed by atoms with Crippen LogP contribution in [0.1, 0.15) is 23.7 Å². The number of carbonyl (C=O) groups excluding carboxylic acids is 3. The zero-order chi connectivity index (χ0) is 13.1. The van der Waals surface area contributed by atoms with Crippen molar-refractivity contribution in [1.82, 2.24) is 5.32 Å². The van der Waals surface area contributed by atoms with Gasteiger partial charge in [0.2, 0.25) is 5.78 Å². The average molecular weight is 247 g/mol. The molecule has 0 fully saturated rings. The topological polar surface area (TPSA) is 72.5 Å². The smallest absolute Gasteiger partial charge is 0.287 e. The summed E-state index contributed by atoms with van der Waals surface area (Å²) >= 11 is 0. The fourth-order valence-electron chi connectivity index (χ4n) is 1.80. The van der Waals surface area contributed by atoms with Crippen LogP contribution >= 0.6 is 0 Å². The number of benzene rings is 1. The molecule has 2 rings (SSSR count). The number of ether oxygens (including phenoxy) is 1. The van der Waals surface area contributed by atoms with Gasteiger partial charge in [0, 0.05) is 13.3 Å². The molecule has 94 valence electrons. The number of rotatable bonds is 2. The number of para-hydroxylation sites is 1. The first-order valence-corrected chi connectivity index (χ1v) is 5.67. The van der Waals surface area contributed by atoms with Gasteiger partial charge < -0.3 is 10.1 Å². The molecule has 0 bridgehead atoms. The number of amides is 1. The molecule has 1 aromatic carbocycles. The van der Waals surface area contributed by atoms with Crippen LogP contribution in [-0.2, 0) is 9.59 Å². The number of fused-ring (bicyclic) bond motifs is 1. The van der Waals surface area contributed by atoms with Crippen LogP contribution in [0.4, 0.5) is 0 Å². The fourth-order valence-corrected chi connectivity index (χ4v) is 1.80. The maximum atomic E-state index is 12.2. The highest BCUT2D eigenvalue weighted by Gasteiger charge is 2.28. The van der Waals surface area contributed by atoms with Gasteiger partial charge in [-0.05, 0) is 12.1 Å². The maximum absolute atomic E-state index is 12.2. The lowest BCUT2D eigenvalue weighted by Crippen LogP contribution is -2.43. The number of ketones is 2. The van der Waals surface area contributed by atoms with E-state index in [2.05, 4.69) is 5.32 Å². The van der Waals surface area contributed by atoms with Crippen molar-refractivity contribution in [3.05, 3.63) is 29.8 Å². The van der Waals surface area contributed by atoms with E-state index in [0.29, 0.717) is 24.3 Å². The summed E-state index contributed by atoms with van der Waals surface area (Å²) in [6.45, 7) is 1.49. The Kier molecular flexibility index (Phi) is 3.41. The van der Waals surface area contributed by atoms with E-state index < -0.39 is 17.7 Å². The van der Waals surface area contributed by atoms with Gasteiger partial charge in [0.05, 0.1) is 18.2 Å². The second-order valence-electron chi connectivity index (χ2n) is 4.08. The highest BCUT2D eigenvalue weighted by Crippen LogP contribution is 2.23. The Morgan fingerprint density at radius 1 is 1.33 bits per heavy atom. The predicted octanol–water partition coefficient (Wildman–Crippen LogP) is 0.726. The Bertz CT molecular complexity index is 509. The number of hydrogen-bond acceptors (Lipinski definition) is 4. The Hall–Kier alpha value is -2.17. The third-order valence-electron chi connectivity index (χ3n) is 2.76. The van der Waals surface area contributed by atoms with Crippen LogP contribution < -0.4 is 10.1 Å². The lowest BCUT2D eigenvalue weighted by atomic mass is 10.0. The zero-order valence-corrected chi connectivity index (χ0v) is 9.93. The van der Waals surface area contributed by atoms with Crippen molar-refractivity contribution in [2.75, 3.05) is 6.61 Å². The van der Waals surface area contributed by atoms with Crippen molar-refractivity contribution < 1.29 is 19.1 Å². The summed E-state index contributed by atoms with van der Waals surface area (Å²) in [7, 11) is 0. The van der Waals surface area contributed by atoms with Crippen LogP contribution in [0.3, 0.4) is 0 Å². The SMILES string of the molecule is CC(=O)C(=O)NC1CCOc2ccccc2C1=O. The molecule has 1 heterocycles. The monoisotopic (exact) mass is 247 g/mol. The number of carbonyl (C=O) groups is 3. The summed E-state index contributed by atoms with van der Waals surface area (Å²) in [4.78, 5) is 34.4. The van der Waals surface area contributed by atoms with Gasteiger partial charge in [0.15, 0.2) is 5.78 Å². The summed E-state index contributed by atoms with van der Waals surface area (Å²) in [5.41, 5.74) is 0.434. The normalized spacial score (nSPS) is 18.3. The Morgan fingerprint density at radius 3 is 2.78 bits per heavy atom. The average Bonchev–Trinajstić information content (AvgIpc) is 2.51. The van der Waals surface area contributed by atoms with Crippen LogP contribution in [-0.4, -0.2) is 30.1 Å². The quantitative estimate of drug-likeness (QED) is 0.782. The largest absolute Gasteiger partial charge is 0.493 e. The second-order valence-corrected chi connectivity index (χ2v) is 4.08. The molecule has 0 spiro atoms. The Balaban J connectivity index is 2.23. The highest BCUT2D eigenvalue weighted by molar-refractivity contribution is 6.35. The third-order valence-corrected chi connectivity index (χ3v) is 2.76. The van der Waals surface area contributed by atoms with Gasteiger partial charge in [0.25, 0.3) is 5.91 Å².